The first-order valence-corrected chi connectivity index (χ1v) is 15.7. The maximum atomic E-state index is 14.4. The number of aliphatic hydroxyl groups is 1. The molecule has 0 amide bonds. The molecule has 6 atom stereocenters. The van der Waals surface area contributed by atoms with Crippen molar-refractivity contribution in [3.63, 3.8) is 0 Å². The van der Waals surface area contributed by atoms with Gasteiger partial charge in [0.2, 0.25) is 0 Å². The van der Waals surface area contributed by atoms with Crippen LogP contribution in [0, 0.1) is 5.92 Å². The Kier molecular flexibility index (Phi) is 9.73. The number of ether oxygens (including phenoxy) is 2. The molecule has 15 nitrogen and oxygen atoms in total. The Bertz CT molecular complexity index is 1920. The number of esters is 1. The summed E-state index contributed by atoms with van der Waals surface area (Å²) >= 11 is 0. The Morgan fingerprint density at radius 2 is 1.87 bits per heavy atom. The molecule has 0 aliphatic carbocycles. The van der Waals surface area contributed by atoms with E-state index in [0.717, 1.165) is 21.6 Å². The minimum absolute atomic E-state index is 0.0372. The summed E-state index contributed by atoms with van der Waals surface area (Å²) < 4.78 is 38.5. The minimum atomic E-state index is -4.57. The van der Waals surface area contributed by atoms with Crippen LogP contribution in [0.3, 0.4) is 0 Å². The van der Waals surface area contributed by atoms with E-state index in [1.165, 1.54) is 20.0 Å². The van der Waals surface area contributed by atoms with Crippen molar-refractivity contribution >= 4 is 24.5 Å². The topological polar surface area (TPSA) is 207 Å². The average molecular weight is 651 g/mol. The highest BCUT2D eigenvalue weighted by molar-refractivity contribution is 7.52. The number of carbonyl (C=O) groups excluding carboxylic acids is 1. The number of H-pyrrole nitrogens is 1. The Morgan fingerprint density at radius 1 is 1.15 bits per heavy atom. The van der Waals surface area contributed by atoms with Crippen LogP contribution >= 0.6 is 7.75 Å². The smallest absolute Gasteiger partial charge is 0.459 e. The number of azide groups is 1. The summed E-state index contributed by atoms with van der Waals surface area (Å²) in [7, 11) is -4.57. The molecule has 0 radical (unpaired) electrons. The standard InChI is InChI=1S/C30H31N6O9P/c1-19-26(38)30(34-35-31,44-27(19)36-16-15-25(37)32-29(36)40)18-43-46(41,45-24-14-8-12-22-11-6-7-13-23(22)24)33-20(2)28(39)42-17-21-9-4-3-5-10-21/h3-16,19-20,26-27,38H,17-18H2,1-2H3,(H,33,41)(H,32,37,40)/t19-,20+,26+,27-,30-,46?/m1/s1. The molecule has 1 unspecified atom stereocenters. The monoisotopic (exact) mass is 650 g/mol. The molecular weight excluding hydrogens is 619 g/mol. The van der Waals surface area contributed by atoms with E-state index in [1.54, 1.807) is 48.5 Å². The van der Waals surface area contributed by atoms with Crippen molar-refractivity contribution in [2.75, 3.05) is 6.61 Å². The molecule has 1 aliphatic heterocycles. The highest BCUT2D eigenvalue weighted by Gasteiger charge is 2.55. The van der Waals surface area contributed by atoms with Crippen molar-refractivity contribution in [3.8, 4) is 5.75 Å². The molecule has 2 heterocycles. The van der Waals surface area contributed by atoms with E-state index in [-0.39, 0.29) is 12.4 Å². The van der Waals surface area contributed by atoms with Crippen molar-refractivity contribution in [3.05, 3.63) is 122 Å². The third-order valence-corrected chi connectivity index (χ3v) is 9.02. The SMILES string of the molecule is C[C@H]1[C@H](n2ccc(=O)[nH]c2=O)O[C@@](COP(=O)(N[C@@H](C)C(=O)OCc2ccccc2)Oc2cccc3ccccc23)(N=[N+]=[N-])[C@H]1O. The van der Waals surface area contributed by atoms with Gasteiger partial charge in [0, 0.05) is 28.5 Å². The number of aliphatic hydroxyl groups excluding tert-OH is 1. The van der Waals surface area contributed by atoms with Crippen LogP contribution in [0.15, 0.2) is 99.8 Å². The summed E-state index contributed by atoms with van der Waals surface area (Å²) in [5.74, 6) is -1.49. The van der Waals surface area contributed by atoms with Crippen molar-refractivity contribution in [1.29, 1.82) is 0 Å². The Labute approximate surface area is 261 Å². The van der Waals surface area contributed by atoms with Crippen LogP contribution in [0.5, 0.6) is 5.75 Å². The molecule has 3 aromatic carbocycles. The van der Waals surface area contributed by atoms with Crippen molar-refractivity contribution < 1.29 is 33.0 Å². The summed E-state index contributed by atoms with van der Waals surface area (Å²) in [6.07, 6.45) is -1.63. The maximum Gasteiger partial charge on any atom is 0.459 e. The summed E-state index contributed by atoms with van der Waals surface area (Å²) in [5, 5.41) is 18.8. The molecule has 1 saturated heterocycles. The van der Waals surface area contributed by atoms with E-state index < -0.39 is 61.6 Å². The average Bonchev–Trinajstić information content (AvgIpc) is 3.29. The van der Waals surface area contributed by atoms with Crippen LogP contribution in [0.2, 0.25) is 0 Å². The molecule has 240 valence electrons. The molecule has 16 heteroatoms. The van der Waals surface area contributed by atoms with Gasteiger partial charge in [-0.25, -0.2) is 9.36 Å². The van der Waals surface area contributed by atoms with Crippen molar-refractivity contribution in [2.45, 2.75) is 44.6 Å². The van der Waals surface area contributed by atoms with Gasteiger partial charge in [-0.3, -0.25) is 23.7 Å². The van der Waals surface area contributed by atoms with Crippen LogP contribution in [0.4, 0.5) is 0 Å². The number of hydrogen-bond acceptors (Lipinski definition) is 10. The lowest BCUT2D eigenvalue weighted by molar-refractivity contribution is -0.146. The first-order chi connectivity index (χ1) is 22.0. The molecule has 46 heavy (non-hydrogen) atoms. The number of benzene rings is 3. The highest BCUT2D eigenvalue weighted by Crippen LogP contribution is 2.50. The first kappa shape index (κ1) is 32.6. The molecule has 5 rings (SSSR count). The van der Waals surface area contributed by atoms with Crippen LogP contribution < -0.4 is 20.9 Å². The second-order valence-electron chi connectivity index (χ2n) is 10.6. The summed E-state index contributed by atoms with van der Waals surface area (Å²) in [5.41, 5.74) is 6.48. The van der Waals surface area contributed by atoms with Crippen LogP contribution in [-0.2, 0) is 30.0 Å². The molecule has 0 spiro atoms. The molecule has 1 fully saturated rings. The van der Waals surface area contributed by atoms with Crippen LogP contribution in [-0.4, -0.2) is 45.1 Å². The van der Waals surface area contributed by atoms with Gasteiger partial charge in [0.15, 0.2) is 5.72 Å². The van der Waals surface area contributed by atoms with Gasteiger partial charge >= 0.3 is 19.4 Å². The molecule has 3 N–H and O–H groups in total. The summed E-state index contributed by atoms with van der Waals surface area (Å²) in [6.45, 7) is 2.06. The van der Waals surface area contributed by atoms with Gasteiger partial charge in [-0.05, 0) is 29.5 Å². The predicted octanol–water partition coefficient (Wildman–Crippen LogP) is 4.15. The van der Waals surface area contributed by atoms with Crippen LogP contribution in [0.1, 0.15) is 25.6 Å². The van der Waals surface area contributed by atoms with E-state index in [1.807, 2.05) is 24.3 Å². The largest absolute Gasteiger partial charge is 0.460 e. The Hall–Kier alpha value is -4.75. The van der Waals surface area contributed by atoms with Gasteiger partial charge in [0.05, 0.1) is 12.7 Å². The molecule has 1 aliphatic rings. The van der Waals surface area contributed by atoms with Gasteiger partial charge < -0.3 is 19.1 Å². The molecule has 4 aromatic rings. The molecule has 0 bridgehead atoms. The van der Waals surface area contributed by atoms with Gasteiger partial charge in [0.25, 0.3) is 5.56 Å². The van der Waals surface area contributed by atoms with Gasteiger partial charge in [-0.2, -0.15) is 5.09 Å². The van der Waals surface area contributed by atoms with E-state index in [2.05, 4.69) is 20.1 Å². The molecule has 0 saturated carbocycles. The lowest BCUT2D eigenvalue weighted by Crippen LogP contribution is -2.44. The Morgan fingerprint density at radius 3 is 2.61 bits per heavy atom. The van der Waals surface area contributed by atoms with E-state index in [0.29, 0.717) is 5.39 Å². The quantitative estimate of drug-likeness (QED) is 0.0656. The number of fused-ring (bicyclic) bond motifs is 1. The zero-order valence-electron chi connectivity index (χ0n) is 24.8. The highest BCUT2D eigenvalue weighted by atomic mass is 31.2. The number of carbonyl (C=O) groups is 1. The lowest BCUT2D eigenvalue weighted by atomic mass is 9.98. The summed E-state index contributed by atoms with van der Waals surface area (Å²) in [4.78, 5) is 41.9. The third-order valence-electron chi connectivity index (χ3n) is 7.41. The van der Waals surface area contributed by atoms with Gasteiger partial charge in [-0.15, -0.1) is 0 Å². The normalized spacial score (nSPS) is 22.8. The number of nitrogens with zero attached hydrogens (tertiary/aromatic N) is 4. The zero-order chi connectivity index (χ0) is 32.9. The minimum Gasteiger partial charge on any atom is -0.460 e. The molecule has 1 aromatic heterocycles. The second kappa shape index (κ2) is 13.7. The zero-order valence-corrected chi connectivity index (χ0v) is 25.7. The fraction of sp³-hybridized carbons (Fsp3) is 0.300. The number of nitrogens with one attached hydrogen (secondary N) is 2. The fourth-order valence-corrected chi connectivity index (χ4v) is 6.55. The number of hydrogen-bond donors (Lipinski definition) is 3. The van der Waals surface area contributed by atoms with Crippen LogP contribution in [0.25, 0.3) is 21.2 Å². The number of aromatic amines is 1. The van der Waals surface area contributed by atoms with Gasteiger partial charge in [-0.1, -0.05) is 78.8 Å². The third kappa shape index (κ3) is 7.05. The number of aromatic nitrogens is 2. The molecular formula is C30H31N6O9P. The first-order valence-electron chi connectivity index (χ1n) is 14.2. The summed E-state index contributed by atoms with van der Waals surface area (Å²) in [6, 6.07) is 21.0. The maximum absolute atomic E-state index is 14.4. The van der Waals surface area contributed by atoms with E-state index in [9.17, 15) is 29.6 Å². The van der Waals surface area contributed by atoms with E-state index >= 15 is 0 Å². The van der Waals surface area contributed by atoms with Gasteiger partial charge in [0.1, 0.15) is 24.6 Å². The predicted molar refractivity (Wildman–Crippen MR) is 165 cm³/mol. The number of rotatable bonds is 12. The van der Waals surface area contributed by atoms with Crippen molar-refractivity contribution in [2.24, 2.45) is 11.0 Å². The van der Waals surface area contributed by atoms with Crippen molar-refractivity contribution in [1.82, 2.24) is 14.6 Å². The van der Waals surface area contributed by atoms with E-state index in [4.69, 9.17) is 18.5 Å². The second-order valence-corrected chi connectivity index (χ2v) is 12.3. The lowest BCUT2D eigenvalue weighted by Gasteiger charge is -2.30. The fourth-order valence-electron chi connectivity index (χ4n) is 5.01. The Balaban J connectivity index is 1.43.